The highest BCUT2D eigenvalue weighted by Gasteiger charge is 2.02. The van der Waals surface area contributed by atoms with E-state index in [0.29, 0.717) is 0 Å². The van der Waals surface area contributed by atoms with Crippen LogP contribution in [-0.2, 0) is 0 Å². The standard InChI is InChI=1S/C22H24S/c1-2-3-4-5-6-7-14-19-22(20-15-10-8-11-16-20)23-21-17-12-9-13-18-21/h8-13,15-19H,2-6H2,1H3/b22-19-. The molecule has 0 aromatic heterocycles. The van der Waals surface area contributed by atoms with Crippen LogP contribution in [0.5, 0.6) is 0 Å². The van der Waals surface area contributed by atoms with Crippen LogP contribution in [0.2, 0.25) is 0 Å². The highest BCUT2D eigenvalue weighted by Crippen LogP contribution is 2.33. The lowest BCUT2D eigenvalue weighted by molar-refractivity contribution is 0.680. The molecule has 2 aromatic rings. The van der Waals surface area contributed by atoms with E-state index in [9.17, 15) is 0 Å². The van der Waals surface area contributed by atoms with Crippen LogP contribution in [0.1, 0.15) is 44.6 Å². The summed E-state index contributed by atoms with van der Waals surface area (Å²) < 4.78 is 0. The largest absolute Gasteiger partial charge is 0.0985 e. The van der Waals surface area contributed by atoms with Gasteiger partial charge >= 0.3 is 0 Å². The summed E-state index contributed by atoms with van der Waals surface area (Å²) in [5.74, 6) is 6.54. The maximum absolute atomic E-state index is 3.29. The van der Waals surface area contributed by atoms with Gasteiger partial charge in [-0.3, -0.25) is 0 Å². The van der Waals surface area contributed by atoms with Gasteiger partial charge in [0.1, 0.15) is 0 Å². The third kappa shape index (κ3) is 6.80. The second-order valence-corrected chi connectivity index (χ2v) is 6.54. The molecule has 0 saturated heterocycles. The Morgan fingerprint density at radius 2 is 1.61 bits per heavy atom. The Bertz CT molecular complexity index is 645. The summed E-state index contributed by atoms with van der Waals surface area (Å²) in [6.45, 7) is 2.24. The van der Waals surface area contributed by atoms with Crippen LogP contribution in [0.15, 0.2) is 71.6 Å². The average molecular weight is 321 g/mol. The van der Waals surface area contributed by atoms with Crippen LogP contribution in [0, 0.1) is 11.8 Å². The molecule has 0 amide bonds. The topological polar surface area (TPSA) is 0 Å². The van der Waals surface area contributed by atoms with Gasteiger partial charge in [-0.25, -0.2) is 0 Å². The van der Waals surface area contributed by atoms with Crippen LogP contribution in [0.3, 0.4) is 0 Å². The molecule has 0 bridgehead atoms. The Balaban J connectivity index is 2.05. The molecule has 0 aliphatic rings. The van der Waals surface area contributed by atoms with Gasteiger partial charge in [0, 0.05) is 22.3 Å². The number of rotatable bonds is 7. The maximum Gasteiger partial charge on any atom is 0.0278 e. The van der Waals surface area contributed by atoms with Crippen molar-refractivity contribution in [3.63, 3.8) is 0 Å². The van der Waals surface area contributed by atoms with Crippen LogP contribution >= 0.6 is 11.8 Å². The van der Waals surface area contributed by atoms with Gasteiger partial charge in [-0.1, -0.05) is 98.3 Å². The van der Waals surface area contributed by atoms with Gasteiger partial charge in [-0.15, -0.1) is 0 Å². The van der Waals surface area contributed by atoms with Crippen LogP contribution in [0.4, 0.5) is 0 Å². The van der Waals surface area contributed by atoms with E-state index in [1.807, 2.05) is 12.1 Å². The SMILES string of the molecule is CCCCCCC#C/C=C(\Sc1ccccc1)c1ccccc1. The van der Waals surface area contributed by atoms with E-state index >= 15 is 0 Å². The summed E-state index contributed by atoms with van der Waals surface area (Å²) >= 11 is 1.77. The fraction of sp³-hybridized carbons (Fsp3) is 0.273. The molecule has 0 saturated carbocycles. The van der Waals surface area contributed by atoms with Gasteiger partial charge in [0.25, 0.3) is 0 Å². The van der Waals surface area contributed by atoms with Gasteiger partial charge in [0.2, 0.25) is 0 Å². The molecule has 118 valence electrons. The van der Waals surface area contributed by atoms with E-state index in [0.717, 1.165) is 6.42 Å². The van der Waals surface area contributed by atoms with Gasteiger partial charge in [0.05, 0.1) is 0 Å². The van der Waals surface area contributed by atoms with Gasteiger partial charge in [0.15, 0.2) is 0 Å². The first-order valence-electron chi connectivity index (χ1n) is 8.37. The summed E-state index contributed by atoms with van der Waals surface area (Å²) in [4.78, 5) is 2.45. The molecule has 0 radical (unpaired) electrons. The van der Waals surface area contributed by atoms with Gasteiger partial charge in [-0.05, 0) is 24.1 Å². The monoisotopic (exact) mass is 320 g/mol. The van der Waals surface area contributed by atoms with Crippen molar-refractivity contribution >= 4 is 16.7 Å². The minimum absolute atomic E-state index is 0.995. The Kier molecular flexibility index (Phi) is 8.16. The zero-order valence-electron chi connectivity index (χ0n) is 13.8. The first kappa shape index (κ1) is 17.4. The Labute approximate surface area is 145 Å². The highest BCUT2D eigenvalue weighted by molar-refractivity contribution is 8.08. The van der Waals surface area contributed by atoms with Crippen molar-refractivity contribution in [1.29, 1.82) is 0 Å². The molecule has 0 atom stereocenters. The average Bonchev–Trinajstić information content (AvgIpc) is 2.61. The Morgan fingerprint density at radius 1 is 0.913 bits per heavy atom. The minimum atomic E-state index is 0.995. The molecule has 0 N–H and O–H groups in total. The van der Waals surface area contributed by atoms with Crippen LogP contribution in [0.25, 0.3) is 4.91 Å². The van der Waals surface area contributed by atoms with E-state index in [2.05, 4.69) is 73.4 Å². The molecule has 2 rings (SSSR count). The normalized spacial score (nSPS) is 10.9. The molecule has 0 unspecified atom stereocenters. The number of benzene rings is 2. The van der Waals surface area contributed by atoms with Gasteiger partial charge in [-0.2, -0.15) is 0 Å². The molecule has 0 aliphatic heterocycles. The van der Waals surface area contributed by atoms with Gasteiger partial charge < -0.3 is 0 Å². The van der Waals surface area contributed by atoms with Crippen molar-refractivity contribution < 1.29 is 0 Å². The fourth-order valence-corrected chi connectivity index (χ4v) is 3.14. The second-order valence-electron chi connectivity index (χ2n) is 5.42. The molecule has 0 heterocycles. The lowest BCUT2D eigenvalue weighted by atomic mass is 10.1. The van der Waals surface area contributed by atoms with Crippen LogP contribution < -0.4 is 0 Å². The maximum atomic E-state index is 3.29. The van der Waals surface area contributed by atoms with E-state index in [4.69, 9.17) is 0 Å². The molecule has 0 aliphatic carbocycles. The molecule has 0 nitrogen and oxygen atoms in total. The third-order valence-corrected chi connectivity index (χ3v) is 4.57. The number of hydrogen-bond donors (Lipinski definition) is 0. The predicted molar refractivity (Wildman–Crippen MR) is 103 cm³/mol. The molecule has 0 fully saturated rings. The lowest BCUT2D eigenvalue weighted by Gasteiger charge is -2.06. The minimum Gasteiger partial charge on any atom is -0.0985 e. The second kappa shape index (κ2) is 10.8. The van der Waals surface area contributed by atoms with E-state index < -0.39 is 0 Å². The number of hydrogen-bond acceptors (Lipinski definition) is 1. The van der Waals surface area contributed by atoms with Crippen LogP contribution in [-0.4, -0.2) is 0 Å². The summed E-state index contributed by atoms with van der Waals surface area (Å²) in [6, 6.07) is 21.0. The molecular weight excluding hydrogens is 296 g/mol. The highest BCUT2D eigenvalue weighted by atomic mass is 32.2. The summed E-state index contributed by atoms with van der Waals surface area (Å²) in [7, 11) is 0. The van der Waals surface area contributed by atoms with Crippen molar-refractivity contribution in [3.8, 4) is 11.8 Å². The number of thioether (sulfide) groups is 1. The molecule has 1 heteroatoms. The predicted octanol–water partition coefficient (Wildman–Crippen LogP) is 6.79. The quantitative estimate of drug-likeness (QED) is 0.307. The molecule has 2 aromatic carbocycles. The zero-order chi connectivity index (χ0) is 16.2. The smallest absolute Gasteiger partial charge is 0.0278 e. The molecular formula is C22H24S. The van der Waals surface area contributed by atoms with Crippen molar-refractivity contribution in [1.82, 2.24) is 0 Å². The number of unbranched alkanes of at least 4 members (excludes halogenated alkanes) is 4. The zero-order valence-corrected chi connectivity index (χ0v) is 14.6. The van der Waals surface area contributed by atoms with Crippen molar-refractivity contribution in [2.75, 3.05) is 0 Å². The summed E-state index contributed by atoms with van der Waals surface area (Å²) in [5.41, 5.74) is 1.22. The Morgan fingerprint density at radius 3 is 2.30 bits per heavy atom. The number of allylic oxidation sites excluding steroid dienone is 1. The fourth-order valence-electron chi connectivity index (χ4n) is 2.22. The van der Waals surface area contributed by atoms with E-state index in [1.54, 1.807) is 11.8 Å². The van der Waals surface area contributed by atoms with Crippen molar-refractivity contribution in [2.24, 2.45) is 0 Å². The first-order valence-corrected chi connectivity index (χ1v) is 9.18. The molecule has 23 heavy (non-hydrogen) atoms. The van der Waals surface area contributed by atoms with E-state index in [-0.39, 0.29) is 0 Å². The third-order valence-electron chi connectivity index (χ3n) is 3.49. The van der Waals surface area contributed by atoms with E-state index in [1.165, 1.54) is 41.0 Å². The summed E-state index contributed by atoms with van der Waals surface area (Å²) in [6.07, 6.45) is 8.15. The first-order chi connectivity index (χ1) is 11.4. The molecule has 0 spiro atoms. The Hall–Kier alpha value is -1.91. The van der Waals surface area contributed by atoms with Crippen molar-refractivity contribution in [2.45, 2.75) is 43.9 Å². The lowest BCUT2D eigenvalue weighted by Crippen LogP contribution is -1.80. The van der Waals surface area contributed by atoms with Crippen molar-refractivity contribution in [3.05, 3.63) is 72.3 Å². The summed E-state index contributed by atoms with van der Waals surface area (Å²) in [5, 5.41) is 0.